The molecule has 3 fully saturated rings. The second-order valence-electron chi connectivity index (χ2n) is 10.6. The Labute approximate surface area is 202 Å². The largest absolute Gasteiger partial charge is 0.381 e. The normalized spacial score (nSPS) is 32.0. The minimum absolute atomic E-state index is 0.0973. The third-order valence-electron chi connectivity index (χ3n) is 8.45. The predicted molar refractivity (Wildman–Crippen MR) is 128 cm³/mol. The number of amides is 3. The Bertz CT molecular complexity index is 940. The number of rotatable bonds is 6. The van der Waals surface area contributed by atoms with Gasteiger partial charge in [-0.25, -0.2) is 0 Å². The van der Waals surface area contributed by atoms with Crippen LogP contribution in [0, 0.1) is 5.92 Å². The van der Waals surface area contributed by atoms with E-state index in [2.05, 4.69) is 22.8 Å². The number of hydrogen-bond donors (Lipinski definition) is 2. The Morgan fingerprint density at radius 2 is 1.82 bits per heavy atom. The number of piperidine rings is 1. The lowest BCUT2D eigenvalue weighted by atomic mass is 9.79. The topological polar surface area (TPSA) is 87.7 Å². The van der Waals surface area contributed by atoms with Crippen molar-refractivity contribution < 1.29 is 19.1 Å². The molecule has 2 N–H and O–H groups in total. The monoisotopic (exact) mass is 467 g/mol. The maximum Gasteiger partial charge on any atom is 0.255 e. The molecule has 2 aliphatic heterocycles. The highest BCUT2D eigenvalue weighted by Gasteiger charge is 2.39. The van der Waals surface area contributed by atoms with Crippen LogP contribution in [0.3, 0.4) is 0 Å². The van der Waals surface area contributed by atoms with Crippen molar-refractivity contribution in [2.75, 3.05) is 7.11 Å². The minimum Gasteiger partial charge on any atom is -0.381 e. The molecule has 2 aliphatic carbocycles. The van der Waals surface area contributed by atoms with E-state index >= 15 is 0 Å². The van der Waals surface area contributed by atoms with Crippen molar-refractivity contribution in [2.24, 2.45) is 5.92 Å². The molecule has 7 nitrogen and oxygen atoms in total. The second-order valence-corrected chi connectivity index (χ2v) is 10.6. The van der Waals surface area contributed by atoms with Gasteiger partial charge in [-0.3, -0.25) is 19.7 Å². The van der Waals surface area contributed by atoms with Crippen LogP contribution in [0.25, 0.3) is 0 Å². The summed E-state index contributed by atoms with van der Waals surface area (Å²) >= 11 is 0. The van der Waals surface area contributed by atoms with Crippen molar-refractivity contribution in [1.82, 2.24) is 15.5 Å². The van der Waals surface area contributed by atoms with Gasteiger partial charge in [0.25, 0.3) is 5.91 Å². The van der Waals surface area contributed by atoms with Crippen LogP contribution in [-0.4, -0.2) is 54.0 Å². The zero-order chi connectivity index (χ0) is 23.7. The molecule has 2 saturated carbocycles. The summed E-state index contributed by atoms with van der Waals surface area (Å²) in [5, 5.41) is 6.38. The van der Waals surface area contributed by atoms with Gasteiger partial charge in [-0.15, -0.1) is 0 Å². The van der Waals surface area contributed by atoms with E-state index < -0.39 is 6.04 Å². The van der Waals surface area contributed by atoms with Gasteiger partial charge in [0, 0.05) is 37.7 Å². The van der Waals surface area contributed by atoms with Gasteiger partial charge in [0.2, 0.25) is 11.8 Å². The highest BCUT2D eigenvalue weighted by Crippen LogP contribution is 2.33. The number of nitrogens with one attached hydrogen (secondary N) is 2. The summed E-state index contributed by atoms with van der Waals surface area (Å²) in [5.74, 6) is -0.0985. The number of carbonyl (C=O) groups is 3. The van der Waals surface area contributed by atoms with Crippen molar-refractivity contribution in [3.05, 3.63) is 34.9 Å². The van der Waals surface area contributed by atoms with E-state index in [1.165, 1.54) is 44.1 Å². The third-order valence-corrected chi connectivity index (χ3v) is 8.45. The van der Waals surface area contributed by atoms with E-state index in [1.54, 1.807) is 4.90 Å². The van der Waals surface area contributed by atoms with E-state index in [4.69, 9.17) is 4.74 Å². The summed E-state index contributed by atoms with van der Waals surface area (Å²) in [5.41, 5.74) is 2.98. The lowest BCUT2D eigenvalue weighted by molar-refractivity contribution is -0.136. The van der Waals surface area contributed by atoms with E-state index in [1.807, 2.05) is 13.2 Å². The lowest BCUT2D eigenvalue weighted by Crippen LogP contribution is -2.52. The molecule has 0 aromatic heterocycles. The van der Waals surface area contributed by atoms with Crippen molar-refractivity contribution in [3.63, 3.8) is 0 Å². The SMILES string of the molecule is COC1CCC(N[C@H]2CCCC[C@@H]2Cc2ccc3c(c2)CN(C2CCC(=O)NC2=O)C3=O)CC1. The van der Waals surface area contributed by atoms with E-state index in [9.17, 15) is 14.4 Å². The summed E-state index contributed by atoms with van der Waals surface area (Å²) in [6.45, 7) is 0.448. The van der Waals surface area contributed by atoms with Crippen molar-refractivity contribution in [3.8, 4) is 0 Å². The fraction of sp³-hybridized carbons (Fsp3) is 0.667. The summed E-state index contributed by atoms with van der Waals surface area (Å²) < 4.78 is 5.54. The Hall–Kier alpha value is -2.25. The van der Waals surface area contributed by atoms with Crippen LogP contribution in [0.5, 0.6) is 0 Å². The fourth-order valence-electron chi connectivity index (χ4n) is 6.50. The molecule has 4 aliphatic rings. The number of carbonyl (C=O) groups excluding carboxylic acids is 3. The molecule has 0 radical (unpaired) electrons. The van der Waals surface area contributed by atoms with E-state index in [0.717, 1.165) is 24.8 Å². The summed E-state index contributed by atoms with van der Waals surface area (Å²) in [7, 11) is 1.82. The Morgan fingerprint density at radius 3 is 2.59 bits per heavy atom. The molecule has 2 heterocycles. The summed E-state index contributed by atoms with van der Waals surface area (Å²) in [6, 6.07) is 6.80. The Morgan fingerprint density at radius 1 is 1.03 bits per heavy atom. The average molecular weight is 468 g/mol. The molecule has 3 amide bonds. The molecule has 1 unspecified atom stereocenters. The summed E-state index contributed by atoms with van der Waals surface area (Å²) in [6.07, 6.45) is 11.9. The van der Waals surface area contributed by atoms with Crippen LogP contribution in [-0.2, 0) is 27.3 Å². The second kappa shape index (κ2) is 10.2. The maximum absolute atomic E-state index is 13.0. The van der Waals surface area contributed by atoms with Gasteiger partial charge in [-0.2, -0.15) is 0 Å². The molecule has 0 spiro atoms. The first-order valence-electron chi connectivity index (χ1n) is 13.1. The number of methoxy groups -OCH3 is 1. The van der Waals surface area contributed by atoms with Crippen molar-refractivity contribution in [2.45, 2.75) is 101 Å². The number of imide groups is 1. The van der Waals surface area contributed by atoms with E-state index in [-0.39, 0.29) is 24.1 Å². The van der Waals surface area contributed by atoms with Gasteiger partial charge in [-0.05, 0) is 74.5 Å². The number of hydrogen-bond acceptors (Lipinski definition) is 5. The molecule has 3 atom stereocenters. The first kappa shape index (κ1) is 23.5. The molecule has 0 bridgehead atoms. The number of fused-ring (bicyclic) bond motifs is 1. The minimum atomic E-state index is -0.554. The number of benzene rings is 1. The third kappa shape index (κ3) is 4.91. The maximum atomic E-state index is 13.0. The molecule has 184 valence electrons. The van der Waals surface area contributed by atoms with Gasteiger partial charge in [0.1, 0.15) is 6.04 Å². The summed E-state index contributed by atoms with van der Waals surface area (Å²) in [4.78, 5) is 38.4. The number of ether oxygens (including phenoxy) is 1. The predicted octanol–water partition coefficient (Wildman–Crippen LogP) is 3.10. The van der Waals surface area contributed by atoms with E-state index in [0.29, 0.717) is 42.6 Å². The van der Waals surface area contributed by atoms with Crippen molar-refractivity contribution in [1.29, 1.82) is 0 Å². The first-order valence-corrected chi connectivity index (χ1v) is 13.1. The van der Waals surface area contributed by atoms with Crippen LogP contribution < -0.4 is 10.6 Å². The standard InChI is InChI=1S/C27H37N3O4/c1-34-21-9-7-20(8-10-21)28-23-5-3-2-4-18(23)14-17-6-11-22-19(15-17)16-30(27(22)33)24-12-13-25(31)29-26(24)32/h6,11,15,18,20-21,23-24,28H,2-5,7-10,12-14,16H2,1H3,(H,29,31,32)/t18-,20?,21?,23+,24?/m1/s1. The molecular formula is C27H37N3O4. The highest BCUT2D eigenvalue weighted by molar-refractivity contribution is 6.05. The molecule has 1 aromatic rings. The molecular weight excluding hydrogens is 430 g/mol. The van der Waals surface area contributed by atoms with Gasteiger partial charge in [0.15, 0.2) is 0 Å². The van der Waals surface area contributed by atoms with Crippen LogP contribution in [0.2, 0.25) is 0 Å². The first-order chi connectivity index (χ1) is 16.5. The lowest BCUT2D eigenvalue weighted by Gasteiger charge is -2.37. The molecule has 1 saturated heterocycles. The highest BCUT2D eigenvalue weighted by atomic mass is 16.5. The van der Waals surface area contributed by atoms with Gasteiger partial charge < -0.3 is 15.0 Å². The fourth-order valence-corrected chi connectivity index (χ4v) is 6.50. The smallest absolute Gasteiger partial charge is 0.255 e. The molecule has 7 heteroatoms. The average Bonchev–Trinajstić information content (AvgIpc) is 3.16. The van der Waals surface area contributed by atoms with Crippen LogP contribution in [0.4, 0.5) is 0 Å². The zero-order valence-electron chi connectivity index (χ0n) is 20.2. The molecule has 1 aromatic carbocycles. The van der Waals surface area contributed by atoms with Crippen LogP contribution in [0.1, 0.15) is 85.7 Å². The van der Waals surface area contributed by atoms with Gasteiger partial charge in [0.05, 0.1) is 6.10 Å². The molecule has 5 rings (SSSR count). The zero-order valence-corrected chi connectivity index (χ0v) is 20.2. The number of nitrogens with zero attached hydrogens (tertiary/aromatic N) is 1. The van der Waals surface area contributed by atoms with Crippen molar-refractivity contribution >= 4 is 17.7 Å². The quantitative estimate of drug-likeness (QED) is 0.628. The Kier molecular flexibility index (Phi) is 7.02. The molecule has 34 heavy (non-hydrogen) atoms. The van der Waals surface area contributed by atoms with Gasteiger partial charge >= 0.3 is 0 Å². The van der Waals surface area contributed by atoms with Crippen LogP contribution >= 0.6 is 0 Å². The van der Waals surface area contributed by atoms with Gasteiger partial charge in [-0.1, -0.05) is 25.0 Å². The Balaban J connectivity index is 1.23. The van der Waals surface area contributed by atoms with Crippen LogP contribution in [0.15, 0.2) is 18.2 Å².